The van der Waals surface area contributed by atoms with Gasteiger partial charge in [0.1, 0.15) is 0 Å². The van der Waals surface area contributed by atoms with Crippen molar-refractivity contribution in [1.82, 2.24) is 5.09 Å². The van der Waals surface area contributed by atoms with Crippen LogP contribution >= 0.6 is 8.96 Å². The van der Waals surface area contributed by atoms with Crippen LogP contribution in [0.2, 0.25) is 0 Å². The Labute approximate surface area is 83.4 Å². The molecule has 0 aromatic carbocycles. The Morgan fingerprint density at radius 1 is 1.23 bits per heavy atom. The summed E-state index contributed by atoms with van der Waals surface area (Å²) < 4.78 is 0. The maximum atomic E-state index is 10.6. The SMILES string of the molecule is CC(C)(C)C1CCCCC1NP[O-]. The molecule has 0 heterocycles. The van der Waals surface area contributed by atoms with Crippen molar-refractivity contribution in [2.45, 2.75) is 52.5 Å². The molecule has 2 nitrogen and oxygen atoms in total. The van der Waals surface area contributed by atoms with Crippen LogP contribution < -0.4 is 9.98 Å². The van der Waals surface area contributed by atoms with E-state index in [1.807, 2.05) is 0 Å². The number of hydrogen-bond donors (Lipinski definition) is 1. The lowest BCUT2D eigenvalue weighted by Gasteiger charge is -2.41. The fourth-order valence-corrected chi connectivity index (χ4v) is 2.91. The Kier molecular flexibility index (Phi) is 4.15. The van der Waals surface area contributed by atoms with E-state index in [4.69, 9.17) is 0 Å². The second-order valence-corrected chi connectivity index (χ2v) is 5.60. The summed E-state index contributed by atoms with van der Waals surface area (Å²) in [5.74, 6) is 0.683. The standard InChI is InChI=1S/C10H21NOP/c1-10(2,3)8-6-4-5-7-9(8)11-13-12/h8-9,11,13H,4-7H2,1-3H3/q-1. The van der Waals surface area contributed by atoms with E-state index >= 15 is 0 Å². The first kappa shape index (κ1) is 11.4. The third kappa shape index (κ3) is 3.19. The molecule has 1 N–H and O–H groups in total. The van der Waals surface area contributed by atoms with Crippen LogP contribution in [0.1, 0.15) is 46.5 Å². The lowest BCUT2D eigenvalue weighted by Crippen LogP contribution is -2.41. The van der Waals surface area contributed by atoms with Gasteiger partial charge in [0, 0.05) is 6.04 Å². The zero-order valence-electron chi connectivity index (χ0n) is 8.89. The van der Waals surface area contributed by atoms with Gasteiger partial charge in [-0.3, -0.25) is 0 Å². The highest BCUT2D eigenvalue weighted by atomic mass is 31.1. The molecule has 0 aromatic heterocycles. The zero-order valence-corrected chi connectivity index (χ0v) is 9.89. The first-order chi connectivity index (χ1) is 6.05. The normalized spacial score (nSPS) is 31.4. The smallest absolute Gasteiger partial charge is 0.0122 e. The summed E-state index contributed by atoms with van der Waals surface area (Å²) in [4.78, 5) is 10.6. The third-order valence-electron chi connectivity index (χ3n) is 3.12. The van der Waals surface area contributed by atoms with Crippen molar-refractivity contribution in [2.24, 2.45) is 11.3 Å². The van der Waals surface area contributed by atoms with E-state index < -0.39 is 0 Å². The molecule has 1 aliphatic carbocycles. The van der Waals surface area contributed by atoms with Crippen LogP contribution in [0.25, 0.3) is 0 Å². The number of nitrogens with one attached hydrogen (secondary N) is 1. The fourth-order valence-electron chi connectivity index (χ4n) is 2.42. The molecule has 1 aliphatic rings. The minimum atomic E-state index is -0.346. The molecule has 0 saturated heterocycles. The van der Waals surface area contributed by atoms with Gasteiger partial charge in [0.15, 0.2) is 0 Å². The van der Waals surface area contributed by atoms with Gasteiger partial charge in [-0.1, -0.05) is 33.6 Å². The summed E-state index contributed by atoms with van der Waals surface area (Å²) in [6, 6.07) is 0.476. The third-order valence-corrected chi connectivity index (χ3v) is 3.61. The Morgan fingerprint density at radius 2 is 1.85 bits per heavy atom. The molecule has 13 heavy (non-hydrogen) atoms. The van der Waals surface area contributed by atoms with Crippen LogP contribution in [0, 0.1) is 11.3 Å². The van der Waals surface area contributed by atoms with Crippen LogP contribution in [0.4, 0.5) is 0 Å². The summed E-state index contributed by atoms with van der Waals surface area (Å²) in [6.07, 6.45) is 5.10. The molecule has 0 bridgehead atoms. The zero-order chi connectivity index (χ0) is 9.90. The molecule has 0 radical (unpaired) electrons. The molecule has 1 rings (SSSR count). The molecule has 1 fully saturated rings. The van der Waals surface area contributed by atoms with Crippen LogP contribution in [0.5, 0.6) is 0 Å². The average molecular weight is 202 g/mol. The summed E-state index contributed by atoms with van der Waals surface area (Å²) in [7, 11) is -0.346. The predicted octanol–water partition coefficient (Wildman–Crippen LogP) is 2.05. The minimum absolute atomic E-state index is 0.345. The van der Waals surface area contributed by atoms with E-state index in [1.165, 1.54) is 25.7 Å². The molecule has 3 atom stereocenters. The molecule has 0 amide bonds. The number of hydrogen-bond acceptors (Lipinski definition) is 2. The van der Waals surface area contributed by atoms with E-state index in [0.29, 0.717) is 17.4 Å². The van der Waals surface area contributed by atoms with Crippen molar-refractivity contribution < 1.29 is 4.89 Å². The van der Waals surface area contributed by atoms with Crippen molar-refractivity contribution in [3.05, 3.63) is 0 Å². The van der Waals surface area contributed by atoms with E-state index in [2.05, 4.69) is 25.9 Å². The van der Waals surface area contributed by atoms with E-state index in [-0.39, 0.29) is 8.96 Å². The van der Waals surface area contributed by atoms with Gasteiger partial charge in [0.05, 0.1) is 0 Å². The maximum Gasteiger partial charge on any atom is 0.0122 e. The van der Waals surface area contributed by atoms with Crippen molar-refractivity contribution in [2.75, 3.05) is 0 Å². The lowest BCUT2D eigenvalue weighted by atomic mass is 9.70. The van der Waals surface area contributed by atoms with Crippen molar-refractivity contribution in [1.29, 1.82) is 0 Å². The van der Waals surface area contributed by atoms with Crippen molar-refractivity contribution >= 4 is 8.96 Å². The van der Waals surface area contributed by atoms with Gasteiger partial charge in [0.25, 0.3) is 0 Å². The number of rotatable bonds is 2. The maximum absolute atomic E-state index is 10.6. The fraction of sp³-hybridized carbons (Fsp3) is 1.00. The quantitative estimate of drug-likeness (QED) is 0.695. The summed E-state index contributed by atoms with van der Waals surface area (Å²) >= 11 is 0. The summed E-state index contributed by atoms with van der Waals surface area (Å²) in [5.41, 5.74) is 0.345. The molecule has 3 unspecified atom stereocenters. The van der Waals surface area contributed by atoms with Gasteiger partial charge in [-0.25, -0.2) is 0 Å². The van der Waals surface area contributed by atoms with Crippen LogP contribution in [-0.4, -0.2) is 6.04 Å². The first-order valence-corrected chi connectivity index (χ1v) is 6.09. The lowest BCUT2D eigenvalue weighted by molar-refractivity contribution is -0.154. The van der Waals surface area contributed by atoms with Crippen molar-refractivity contribution in [3.63, 3.8) is 0 Å². The van der Waals surface area contributed by atoms with E-state index in [0.717, 1.165) is 0 Å². The molecule has 0 aromatic rings. The van der Waals surface area contributed by atoms with Gasteiger partial charge in [0.2, 0.25) is 0 Å². The highest BCUT2D eigenvalue weighted by Gasteiger charge is 2.33. The Bertz CT molecular complexity index is 153. The molecule has 78 valence electrons. The van der Waals surface area contributed by atoms with Crippen molar-refractivity contribution in [3.8, 4) is 0 Å². The monoisotopic (exact) mass is 202 g/mol. The first-order valence-electron chi connectivity index (χ1n) is 5.18. The molecule has 1 saturated carbocycles. The topological polar surface area (TPSA) is 35.1 Å². The van der Waals surface area contributed by atoms with Gasteiger partial charge in [-0.15, -0.1) is 8.96 Å². The summed E-state index contributed by atoms with van der Waals surface area (Å²) in [6.45, 7) is 6.85. The molecular formula is C10H21NOP-. The van der Waals surface area contributed by atoms with Gasteiger partial charge in [-0.2, -0.15) is 0 Å². The second-order valence-electron chi connectivity index (χ2n) is 5.11. The molecular weight excluding hydrogens is 181 g/mol. The summed E-state index contributed by atoms with van der Waals surface area (Å²) in [5, 5.41) is 3.11. The molecule has 0 spiro atoms. The Hall–Kier alpha value is 0.350. The highest BCUT2D eigenvalue weighted by Crippen LogP contribution is 2.38. The second kappa shape index (κ2) is 4.72. The van der Waals surface area contributed by atoms with Crippen LogP contribution in [0.15, 0.2) is 0 Å². The average Bonchev–Trinajstić information content (AvgIpc) is 2.04. The Morgan fingerprint density at radius 3 is 2.38 bits per heavy atom. The predicted molar refractivity (Wildman–Crippen MR) is 56.7 cm³/mol. The van der Waals surface area contributed by atoms with Gasteiger partial charge >= 0.3 is 0 Å². The molecule has 3 heteroatoms. The van der Waals surface area contributed by atoms with Crippen LogP contribution in [-0.2, 0) is 0 Å². The van der Waals surface area contributed by atoms with E-state index in [9.17, 15) is 4.89 Å². The largest absolute Gasteiger partial charge is 0.820 e. The highest BCUT2D eigenvalue weighted by molar-refractivity contribution is 7.26. The van der Waals surface area contributed by atoms with Crippen LogP contribution in [0.3, 0.4) is 0 Å². The van der Waals surface area contributed by atoms with E-state index in [1.54, 1.807) is 0 Å². The van der Waals surface area contributed by atoms with Gasteiger partial charge < -0.3 is 9.98 Å². The van der Waals surface area contributed by atoms with Gasteiger partial charge in [-0.05, 0) is 24.2 Å². The Balaban J connectivity index is 2.56. The minimum Gasteiger partial charge on any atom is -0.820 e. The molecule has 0 aliphatic heterocycles.